The number of nitrogens with two attached hydrogens (primary N) is 1. The number of hydrogen-bond donors (Lipinski definition) is 2. The Hall–Kier alpha value is -4.34. The van der Waals surface area contributed by atoms with Gasteiger partial charge in [-0.2, -0.15) is 5.01 Å². The van der Waals surface area contributed by atoms with Crippen LogP contribution in [0.4, 0.5) is 15.6 Å². The molecule has 2 atom stereocenters. The number of terminal acetylenes is 1. The number of nitrogens with one attached hydrogen (secondary N) is 1. The first-order chi connectivity index (χ1) is 20.7. The molecule has 2 saturated heterocycles. The Bertz CT molecular complexity index is 1530. The first-order valence-electron chi connectivity index (χ1n) is 14.5. The van der Waals surface area contributed by atoms with Crippen LogP contribution < -0.4 is 16.0 Å². The Morgan fingerprint density at radius 3 is 2.67 bits per heavy atom. The summed E-state index contributed by atoms with van der Waals surface area (Å²) in [5, 5.41) is 6.52. The highest BCUT2D eigenvalue weighted by molar-refractivity contribution is 7.22. The van der Waals surface area contributed by atoms with Crippen molar-refractivity contribution >= 4 is 50.2 Å². The van der Waals surface area contributed by atoms with Gasteiger partial charge in [0.25, 0.3) is 0 Å². The van der Waals surface area contributed by atoms with E-state index in [0.717, 1.165) is 39.9 Å². The summed E-state index contributed by atoms with van der Waals surface area (Å²) in [7, 11) is 3.94. The average molecular weight is 603 g/mol. The third-order valence-corrected chi connectivity index (χ3v) is 8.77. The molecule has 3 aromatic rings. The highest BCUT2D eigenvalue weighted by Crippen LogP contribution is 2.32. The van der Waals surface area contributed by atoms with Gasteiger partial charge in [-0.25, -0.2) is 14.8 Å². The number of fused-ring (bicyclic) bond motifs is 2. The number of carbonyl (C=O) groups excluding carboxylic acids is 3. The van der Waals surface area contributed by atoms with Crippen LogP contribution in [-0.2, 0) is 22.6 Å². The third-order valence-electron chi connectivity index (χ3n) is 7.92. The van der Waals surface area contributed by atoms with Gasteiger partial charge in [0.1, 0.15) is 12.2 Å². The van der Waals surface area contributed by atoms with E-state index in [2.05, 4.69) is 16.2 Å². The lowest BCUT2D eigenvalue weighted by molar-refractivity contribution is -0.157. The normalized spacial score (nSPS) is 18.6. The molecule has 2 fully saturated rings. The van der Waals surface area contributed by atoms with E-state index >= 15 is 0 Å². The van der Waals surface area contributed by atoms with Gasteiger partial charge in [0.15, 0.2) is 5.13 Å². The molecule has 43 heavy (non-hydrogen) atoms. The van der Waals surface area contributed by atoms with E-state index in [-0.39, 0.29) is 37.5 Å². The first kappa shape index (κ1) is 30.1. The number of carbonyl (C=O) groups is 3. The van der Waals surface area contributed by atoms with Gasteiger partial charge in [-0.3, -0.25) is 9.59 Å². The number of unbranched alkanes of at least 4 members (excludes halogenated alkanes) is 1. The molecule has 0 spiro atoms. The number of nitrogens with zero attached hydrogens (tertiary/aromatic N) is 6. The molecule has 3 N–H and O–H groups in total. The third kappa shape index (κ3) is 6.23. The molecule has 0 radical (unpaired) electrons. The number of nitrogen functional groups attached to an aromatic ring is 1. The minimum Gasteiger partial charge on any atom is -0.378 e. The lowest BCUT2D eigenvalue weighted by atomic mass is 9.99. The second kappa shape index (κ2) is 12.9. The lowest BCUT2D eigenvalue weighted by Crippen LogP contribution is -2.66. The van der Waals surface area contributed by atoms with Crippen LogP contribution in [-0.4, -0.2) is 95.1 Å². The molecule has 0 aliphatic carbocycles. The molecule has 4 amide bonds. The number of benzene rings is 2. The maximum absolute atomic E-state index is 14.2. The standard InChI is InChI=1S/C31H38N8O3S/c1-5-7-15-33-31(42)37(16-6-2)38-20-27(40)39-24(17-21-11-13-23(14-12-21)35(3)4)29(41)36(19-26(38)39)18-22-9-8-10-25-28(22)34-30(32)43-25/h2,8-14,24,26H,5,7,15-20H2,1,3-4H3,(H2,32,34)(H,33,42)/t24-,26+/m0/s1. The molecule has 2 aromatic carbocycles. The minimum absolute atomic E-state index is 0.00238. The fourth-order valence-corrected chi connectivity index (χ4v) is 6.51. The van der Waals surface area contributed by atoms with Crippen LogP contribution in [0.5, 0.6) is 0 Å². The van der Waals surface area contributed by atoms with Gasteiger partial charge in [-0.1, -0.05) is 54.9 Å². The zero-order valence-electron chi connectivity index (χ0n) is 24.8. The van der Waals surface area contributed by atoms with Crippen LogP contribution in [0.15, 0.2) is 42.5 Å². The van der Waals surface area contributed by atoms with Crippen molar-refractivity contribution in [3.8, 4) is 12.3 Å². The second-order valence-corrected chi connectivity index (χ2v) is 12.1. The van der Waals surface area contributed by atoms with Crippen molar-refractivity contribution in [1.29, 1.82) is 0 Å². The number of hydrazine groups is 1. The number of aromatic nitrogens is 1. The van der Waals surface area contributed by atoms with Gasteiger partial charge in [0, 0.05) is 39.3 Å². The quantitative estimate of drug-likeness (QED) is 0.271. The summed E-state index contributed by atoms with van der Waals surface area (Å²) in [6.07, 6.45) is 7.21. The number of thiazole rings is 1. The van der Waals surface area contributed by atoms with E-state index < -0.39 is 12.2 Å². The van der Waals surface area contributed by atoms with Crippen LogP contribution in [0, 0.1) is 12.3 Å². The van der Waals surface area contributed by atoms with Crippen molar-refractivity contribution in [3.63, 3.8) is 0 Å². The number of hydrogen-bond acceptors (Lipinski definition) is 8. The zero-order valence-corrected chi connectivity index (χ0v) is 25.6. The molecule has 12 heteroatoms. The summed E-state index contributed by atoms with van der Waals surface area (Å²) in [6.45, 7) is 2.99. The summed E-state index contributed by atoms with van der Waals surface area (Å²) < 4.78 is 0.945. The fraction of sp³-hybridized carbons (Fsp3) is 0.419. The highest BCUT2D eigenvalue weighted by atomic mass is 32.1. The topological polar surface area (TPSA) is 118 Å². The molecule has 1 aromatic heterocycles. The lowest BCUT2D eigenvalue weighted by Gasteiger charge is -2.46. The maximum atomic E-state index is 14.2. The number of urea groups is 1. The average Bonchev–Trinajstić information content (AvgIpc) is 3.53. The van der Waals surface area contributed by atoms with Gasteiger partial charge in [-0.05, 0) is 35.7 Å². The van der Waals surface area contributed by atoms with Gasteiger partial charge in [0.2, 0.25) is 11.8 Å². The van der Waals surface area contributed by atoms with E-state index in [0.29, 0.717) is 24.6 Å². The monoisotopic (exact) mass is 602 g/mol. The number of piperazine rings is 1. The zero-order chi connectivity index (χ0) is 30.7. The van der Waals surface area contributed by atoms with E-state index in [9.17, 15) is 14.4 Å². The van der Waals surface area contributed by atoms with Gasteiger partial charge < -0.3 is 25.8 Å². The molecule has 0 unspecified atom stereocenters. The van der Waals surface area contributed by atoms with Crippen LogP contribution in [0.1, 0.15) is 30.9 Å². The van der Waals surface area contributed by atoms with E-state index in [1.807, 2.05) is 68.4 Å². The van der Waals surface area contributed by atoms with Crippen molar-refractivity contribution in [2.45, 2.75) is 44.9 Å². The smallest absolute Gasteiger partial charge is 0.332 e. The molecule has 0 bridgehead atoms. The van der Waals surface area contributed by atoms with Crippen molar-refractivity contribution in [3.05, 3.63) is 53.6 Å². The Labute approximate surface area is 256 Å². The van der Waals surface area contributed by atoms with E-state index in [1.54, 1.807) is 14.8 Å². The highest BCUT2D eigenvalue weighted by Gasteiger charge is 2.52. The van der Waals surface area contributed by atoms with Gasteiger partial charge >= 0.3 is 6.03 Å². The Morgan fingerprint density at radius 2 is 1.98 bits per heavy atom. The summed E-state index contributed by atoms with van der Waals surface area (Å²) in [5.74, 6) is 2.19. The van der Waals surface area contributed by atoms with Gasteiger partial charge in [0.05, 0.1) is 29.9 Å². The van der Waals surface area contributed by atoms with Crippen LogP contribution in [0.25, 0.3) is 10.2 Å². The van der Waals surface area contributed by atoms with E-state index in [4.69, 9.17) is 12.2 Å². The van der Waals surface area contributed by atoms with Crippen molar-refractivity contribution in [2.24, 2.45) is 0 Å². The predicted octanol–water partition coefficient (Wildman–Crippen LogP) is 2.73. The Morgan fingerprint density at radius 1 is 1.21 bits per heavy atom. The summed E-state index contributed by atoms with van der Waals surface area (Å²) in [5.41, 5.74) is 9.61. The fourth-order valence-electron chi connectivity index (χ4n) is 5.73. The predicted molar refractivity (Wildman–Crippen MR) is 169 cm³/mol. The number of rotatable bonds is 10. The summed E-state index contributed by atoms with van der Waals surface area (Å²) in [4.78, 5) is 51.0. The SMILES string of the molecule is C#CCN(C(=O)NCCCC)N1CC(=O)N2[C@@H](Cc3ccc(N(C)C)cc3)C(=O)N(Cc3cccc4sc(N)nc34)C[C@@H]21. The first-order valence-corrected chi connectivity index (χ1v) is 15.3. The molecule has 226 valence electrons. The molecular formula is C31H38N8O3S. The molecule has 2 aliphatic heterocycles. The molecule has 3 heterocycles. The summed E-state index contributed by atoms with van der Waals surface area (Å²) in [6, 6.07) is 12.7. The number of anilines is 2. The number of amides is 4. The second-order valence-electron chi connectivity index (χ2n) is 11.0. The molecular weight excluding hydrogens is 564 g/mol. The van der Waals surface area contributed by atoms with Crippen molar-refractivity contribution < 1.29 is 14.4 Å². The van der Waals surface area contributed by atoms with Crippen LogP contribution >= 0.6 is 11.3 Å². The maximum Gasteiger partial charge on any atom is 0.332 e. The van der Waals surface area contributed by atoms with Gasteiger partial charge in [-0.15, -0.1) is 6.42 Å². The number of para-hydroxylation sites is 1. The minimum atomic E-state index is -0.753. The van der Waals surface area contributed by atoms with Crippen molar-refractivity contribution in [2.75, 3.05) is 50.9 Å². The molecule has 5 rings (SSSR count). The molecule has 11 nitrogen and oxygen atoms in total. The van der Waals surface area contributed by atoms with Crippen molar-refractivity contribution in [1.82, 2.24) is 30.1 Å². The van der Waals surface area contributed by atoms with Crippen LogP contribution in [0.2, 0.25) is 0 Å². The Balaban J connectivity index is 1.49. The molecule has 0 saturated carbocycles. The largest absolute Gasteiger partial charge is 0.378 e. The summed E-state index contributed by atoms with van der Waals surface area (Å²) >= 11 is 1.40. The van der Waals surface area contributed by atoms with E-state index in [1.165, 1.54) is 16.3 Å². The Kier molecular flexibility index (Phi) is 9.03. The van der Waals surface area contributed by atoms with Crippen LogP contribution in [0.3, 0.4) is 0 Å². The molecule has 2 aliphatic rings.